The van der Waals surface area contributed by atoms with Crippen LogP contribution in [0, 0.1) is 5.82 Å². The van der Waals surface area contributed by atoms with Crippen molar-refractivity contribution >= 4 is 25.8 Å². The van der Waals surface area contributed by atoms with E-state index >= 15 is 0 Å². The summed E-state index contributed by atoms with van der Waals surface area (Å²) in [6.07, 6.45) is 1.65. The van der Waals surface area contributed by atoms with Gasteiger partial charge >= 0.3 is 0 Å². The number of nitrogens with two attached hydrogens (primary N) is 1. The second-order valence-electron chi connectivity index (χ2n) is 4.90. The molecule has 0 spiro atoms. The topological polar surface area (TPSA) is 60.2 Å². The second kappa shape index (κ2) is 6.25. The van der Waals surface area contributed by atoms with Gasteiger partial charge in [0.1, 0.15) is 5.82 Å². The monoisotopic (exact) mass is 371 g/mol. The maximum atomic E-state index is 13.2. The van der Waals surface area contributed by atoms with Crippen LogP contribution >= 0.6 is 15.9 Å². The Balaban J connectivity index is 2.24. The van der Waals surface area contributed by atoms with Crippen LogP contribution in [-0.2, 0) is 16.3 Å². The van der Waals surface area contributed by atoms with E-state index < -0.39 is 9.84 Å². The molecule has 3 nitrogen and oxygen atoms in total. The highest BCUT2D eigenvalue weighted by Gasteiger charge is 2.12. The van der Waals surface area contributed by atoms with Gasteiger partial charge in [-0.15, -0.1) is 0 Å². The predicted octanol–water partition coefficient (Wildman–Crippen LogP) is 3.23. The van der Waals surface area contributed by atoms with Gasteiger partial charge in [-0.1, -0.05) is 18.2 Å². The van der Waals surface area contributed by atoms with E-state index in [1.807, 2.05) is 0 Å². The third-order valence-electron chi connectivity index (χ3n) is 3.15. The molecule has 2 N–H and O–H groups in total. The van der Waals surface area contributed by atoms with Gasteiger partial charge in [0.15, 0.2) is 9.84 Å². The van der Waals surface area contributed by atoms with E-state index in [1.165, 1.54) is 6.07 Å². The lowest BCUT2D eigenvalue weighted by Gasteiger charge is -2.13. The van der Waals surface area contributed by atoms with Crippen molar-refractivity contribution < 1.29 is 12.8 Å². The van der Waals surface area contributed by atoms with E-state index in [1.54, 1.807) is 36.4 Å². The zero-order valence-corrected chi connectivity index (χ0v) is 13.8. The second-order valence-corrected chi connectivity index (χ2v) is 7.77. The minimum Gasteiger partial charge on any atom is -0.324 e. The molecule has 0 aliphatic rings. The van der Waals surface area contributed by atoms with Crippen LogP contribution in [0.1, 0.15) is 17.2 Å². The van der Waals surface area contributed by atoms with Crippen LogP contribution in [0.4, 0.5) is 4.39 Å². The number of rotatable bonds is 4. The van der Waals surface area contributed by atoms with E-state index in [-0.39, 0.29) is 16.8 Å². The molecule has 0 bridgehead atoms. The first-order chi connectivity index (χ1) is 9.77. The Kier molecular flexibility index (Phi) is 4.81. The van der Waals surface area contributed by atoms with E-state index in [0.717, 1.165) is 17.4 Å². The first-order valence-corrected chi connectivity index (χ1v) is 8.95. The zero-order valence-electron chi connectivity index (χ0n) is 11.4. The van der Waals surface area contributed by atoms with Crippen LogP contribution in [0.2, 0.25) is 0 Å². The molecular formula is C15H15BrFNO2S. The maximum absolute atomic E-state index is 13.2. The van der Waals surface area contributed by atoms with Crippen LogP contribution in [-0.4, -0.2) is 14.7 Å². The quantitative estimate of drug-likeness (QED) is 0.897. The van der Waals surface area contributed by atoms with Gasteiger partial charge in [-0.25, -0.2) is 12.8 Å². The minimum atomic E-state index is -3.26. The Bertz CT molecular complexity index is 762. The number of benzene rings is 2. The summed E-state index contributed by atoms with van der Waals surface area (Å²) in [7, 11) is -3.26. The van der Waals surface area contributed by atoms with Crippen LogP contribution in [0.5, 0.6) is 0 Å². The third kappa shape index (κ3) is 4.12. The fourth-order valence-corrected chi connectivity index (χ4v) is 3.12. The molecule has 1 unspecified atom stereocenters. The van der Waals surface area contributed by atoms with E-state index in [2.05, 4.69) is 15.9 Å². The summed E-state index contributed by atoms with van der Waals surface area (Å²) in [6.45, 7) is 0. The lowest BCUT2D eigenvalue weighted by atomic mass is 10.00. The average molecular weight is 372 g/mol. The molecule has 1 atom stereocenters. The highest BCUT2D eigenvalue weighted by molar-refractivity contribution is 9.10. The van der Waals surface area contributed by atoms with E-state index in [9.17, 15) is 12.8 Å². The Hall–Kier alpha value is -1.24. The summed E-state index contributed by atoms with van der Waals surface area (Å²) >= 11 is 3.13. The molecule has 21 heavy (non-hydrogen) atoms. The van der Waals surface area contributed by atoms with Crippen LogP contribution < -0.4 is 5.73 Å². The third-order valence-corrected chi connectivity index (χ3v) is 4.87. The van der Waals surface area contributed by atoms with Crippen molar-refractivity contribution in [3.63, 3.8) is 0 Å². The van der Waals surface area contributed by atoms with Gasteiger partial charge < -0.3 is 5.73 Å². The average Bonchev–Trinajstić information content (AvgIpc) is 2.42. The summed E-state index contributed by atoms with van der Waals surface area (Å²) in [6, 6.07) is 10.9. The van der Waals surface area contributed by atoms with Crippen molar-refractivity contribution in [3.8, 4) is 0 Å². The number of halogens is 2. The summed E-state index contributed by atoms with van der Waals surface area (Å²) in [4.78, 5) is 0.246. The lowest BCUT2D eigenvalue weighted by Crippen LogP contribution is -2.14. The highest BCUT2D eigenvalue weighted by atomic mass is 79.9. The van der Waals surface area contributed by atoms with E-state index in [0.29, 0.717) is 10.9 Å². The van der Waals surface area contributed by atoms with Crippen molar-refractivity contribution in [1.29, 1.82) is 0 Å². The van der Waals surface area contributed by atoms with Crippen LogP contribution in [0.15, 0.2) is 51.8 Å². The van der Waals surface area contributed by atoms with Gasteiger partial charge in [-0.05, 0) is 57.7 Å². The van der Waals surface area contributed by atoms with Crippen molar-refractivity contribution in [3.05, 3.63) is 63.9 Å². The SMILES string of the molecule is CS(=O)(=O)c1cccc(C(N)Cc2ccc(F)c(Br)c2)c1. The molecule has 0 fully saturated rings. The van der Waals surface area contributed by atoms with Gasteiger partial charge in [-0.3, -0.25) is 0 Å². The summed E-state index contributed by atoms with van der Waals surface area (Å²) in [5.74, 6) is -0.327. The summed E-state index contributed by atoms with van der Waals surface area (Å²) < 4.78 is 36.7. The molecule has 112 valence electrons. The summed E-state index contributed by atoms with van der Waals surface area (Å²) in [5.41, 5.74) is 7.73. The highest BCUT2D eigenvalue weighted by Crippen LogP contribution is 2.22. The molecule has 0 aliphatic carbocycles. The molecule has 0 radical (unpaired) electrons. The molecule has 0 aliphatic heterocycles. The van der Waals surface area contributed by atoms with Crippen molar-refractivity contribution in [2.75, 3.05) is 6.26 Å². The lowest BCUT2D eigenvalue weighted by molar-refractivity contribution is 0.601. The molecule has 2 aromatic rings. The smallest absolute Gasteiger partial charge is 0.175 e. The molecule has 0 amide bonds. The summed E-state index contributed by atoms with van der Waals surface area (Å²) in [5, 5.41) is 0. The Morgan fingerprint density at radius 1 is 1.24 bits per heavy atom. The molecular weight excluding hydrogens is 357 g/mol. The van der Waals surface area contributed by atoms with Crippen LogP contribution in [0.25, 0.3) is 0 Å². The zero-order chi connectivity index (χ0) is 15.6. The van der Waals surface area contributed by atoms with Gasteiger partial charge in [0.05, 0.1) is 9.37 Å². The standard InChI is InChI=1S/C15H15BrFNO2S/c1-21(19,20)12-4-2-3-11(9-12)15(18)8-10-5-6-14(17)13(16)7-10/h2-7,9,15H,8,18H2,1H3. The number of sulfone groups is 1. The van der Waals surface area contributed by atoms with Gasteiger partial charge in [0.2, 0.25) is 0 Å². The maximum Gasteiger partial charge on any atom is 0.175 e. The van der Waals surface area contributed by atoms with E-state index in [4.69, 9.17) is 5.73 Å². The Labute approximate surface area is 132 Å². The number of hydrogen-bond acceptors (Lipinski definition) is 3. The molecule has 0 aromatic heterocycles. The molecule has 0 saturated heterocycles. The first kappa shape index (κ1) is 16.1. The molecule has 2 rings (SSSR count). The largest absolute Gasteiger partial charge is 0.324 e. The Morgan fingerprint density at radius 2 is 1.95 bits per heavy atom. The molecule has 0 saturated carbocycles. The van der Waals surface area contributed by atoms with Gasteiger partial charge in [-0.2, -0.15) is 0 Å². The Morgan fingerprint density at radius 3 is 2.57 bits per heavy atom. The first-order valence-electron chi connectivity index (χ1n) is 6.27. The normalized spacial score (nSPS) is 13.1. The van der Waals surface area contributed by atoms with Crippen LogP contribution in [0.3, 0.4) is 0 Å². The van der Waals surface area contributed by atoms with Gasteiger partial charge in [0, 0.05) is 12.3 Å². The molecule has 6 heteroatoms. The predicted molar refractivity (Wildman–Crippen MR) is 84.3 cm³/mol. The molecule has 2 aromatic carbocycles. The molecule has 0 heterocycles. The fourth-order valence-electron chi connectivity index (χ4n) is 2.01. The van der Waals surface area contributed by atoms with Gasteiger partial charge in [0.25, 0.3) is 0 Å². The number of hydrogen-bond donors (Lipinski definition) is 1. The van der Waals surface area contributed by atoms with Crippen molar-refractivity contribution in [2.45, 2.75) is 17.4 Å². The van der Waals surface area contributed by atoms with Crippen molar-refractivity contribution in [2.24, 2.45) is 5.73 Å². The fraction of sp³-hybridized carbons (Fsp3) is 0.200. The van der Waals surface area contributed by atoms with Crippen molar-refractivity contribution in [1.82, 2.24) is 0 Å². The minimum absolute atomic E-state index is 0.246.